The van der Waals surface area contributed by atoms with Crippen molar-refractivity contribution in [3.05, 3.63) is 58.4 Å². The van der Waals surface area contributed by atoms with E-state index in [4.69, 9.17) is 27.7 Å². The summed E-state index contributed by atoms with van der Waals surface area (Å²) < 4.78 is 33.9. The Morgan fingerprint density at radius 1 is 1.12 bits per heavy atom. The van der Waals surface area contributed by atoms with E-state index in [2.05, 4.69) is 20.2 Å². The minimum absolute atomic E-state index is 0.0673. The van der Waals surface area contributed by atoms with Crippen molar-refractivity contribution in [2.75, 3.05) is 5.32 Å². The zero-order valence-electron chi connectivity index (χ0n) is 12.5. The largest absolute Gasteiger partial charge is 0.433 e. The second kappa shape index (κ2) is 7.67. The van der Waals surface area contributed by atoms with Crippen molar-refractivity contribution >= 4 is 28.9 Å². The summed E-state index contributed by atoms with van der Waals surface area (Å²) in [6, 6.07) is 11.4. The number of halogens is 4. The predicted octanol–water partition coefficient (Wildman–Crippen LogP) is 5.26. The van der Waals surface area contributed by atoms with Crippen LogP contribution in [0.5, 0.6) is 5.75 Å². The fourth-order valence-electron chi connectivity index (χ4n) is 2.02. The summed E-state index contributed by atoms with van der Waals surface area (Å²) in [5, 5.41) is 7.59. The van der Waals surface area contributed by atoms with Crippen LogP contribution in [0.3, 0.4) is 0 Å². The Kier molecular flexibility index (Phi) is 5.35. The smallest absolute Gasteiger partial charge is 0.387 e. The van der Waals surface area contributed by atoms with Gasteiger partial charge in [0.05, 0.1) is 11.6 Å². The summed E-state index contributed by atoms with van der Waals surface area (Å²) in [7, 11) is 0. The van der Waals surface area contributed by atoms with Crippen LogP contribution in [0.25, 0.3) is 11.4 Å². The van der Waals surface area contributed by atoms with Gasteiger partial charge in [0.2, 0.25) is 11.7 Å². The Labute approximate surface area is 151 Å². The van der Waals surface area contributed by atoms with Crippen molar-refractivity contribution in [2.24, 2.45) is 0 Å². The minimum Gasteiger partial charge on any atom is -0.433 e. The molecule has 1 heterocycles. The average molecular weight is 386 g/mol. The molecule has 0 radical (unpaired) electrons. The van der Waals surface area contributed by atoms with Gasteiger partial charge in [-0.15, -0.1) is 0 Å². The summed E-state index contributed by atoms with van der Waals surface area (Å²) in [5.74, 6) is 0.700. The second-order valence-corrected chi connectivity index (χ2v) is 5.74. The lowest BCUT2D eigenvalue weighted by molar-refractivity contribution is -0.0497. The van der Waals surface area contributed by atoms with Crippen LogP contribution in [0.1, 0.15) is 5.89 Å². The first-order valence-corrected chi connectivity index (χ1v) is 7.83. The van der Waals surface area contributed by atoms with E-state index in [0.29, 0.717) is 22.4 Å². The molecule has 0 aliphatic rings. The number of benzene rings is 2. The molecular formula is C16H11Cl2F2N3O2. The van der Waals surface area contributed by atoms with Gasteiger partial charge in [-0.2, -0.15) is 13.8 Å². The summed E-state index contributed by atoms with van der Waals surface area (Å²) in [5.41, 5.74) is 1.37. The van der Waals surface area contributed by atoms with Crippen LogP contribution >= 0.6 is 23.2 Å². The lowest BCUT2D eigenvalue weighted by atomic mass is 10.2. The number of ether oxygens (including phenoxy) is 1. The van der Waals surface area contributed by atoms with Crippen LogP contribution in [0, 0.1) is 0 Å². The zero-order chi connectivity index (χ0) is 17.8. The summed E-state index contributed by atoms with van der Waals surface area (Å²) in [6.07, 6.45) is 0. The highest BCUT2D eigenvalue weighted by atomic mass is 35.5. The van der Waals surface area contributed by atoms with E-state index < -0.39 is 6.61 Å². The van der Waals surface area contributed by atoms with E-state index in [1.54, 1.807) is 30.3 Å². The van der Waals surface area contributed by atoms with E-state index in [-0.39, 0.29) is 17.3 Å². The molecule has 0 bridgehead atoms. The highest BCUT2D eigenvalue weighted by Gasteiger charge is 2.11. The molecule has 0 amide bonds. The number of hydrogen-bond donors (Lipinski definition) is 1. The van der Waals surface area contributed by atoms with Gasteiger partial charge in [0.25, 0.3) is 0 Å². The molecule has 0 saturated carbocycles. The number of aromatic nitrogens is 2. The molecule has 0 atom stereocenters. The standard InChI is InChI=1S/C16H11Cl2F2N3O2/c17-10-3-1-9(2-4-10)15-22-14(25-23-15)8-21-11-5-6-13(12(18)7-11)24-16(19)20/h1-7,16,21H,8H2. The number of rotatable bonds is 6. The van der Waals surface area contributed by atoms with Gasteiger partial charge in [-0.05, 0) is 42.5 Å². The van der Waals surface area contributed by atoms with Crippen LogP contribution in [-0.4, -0.2) is 16.8 Å². The molecule has 0 aliphatic heterocycles. The van der Waals surface area contributed by atoms with Gasteiger partial charge in [0.1, 0.15) is 5.75 Å². The van der Waals surface area contributed by atoms with Crippen LogP contribution in [0.4, 0.5) is 14.5 Å². The third-order valence-corrected chi connectivity index (χ3v) is 3.71. The molecule has 0 fully saturated rings. The fourth-order valence-corrected chi connectivity index (χ4v) is 2.37. The van der Waals surface area contributed by atoms with Crippen LogP contribution < -0.4 is 10.1 Å². The SMILES string of the molecule is FC(F)Oc1ccc(NCc2nc(-c3ccc(Cl)cc3)no2)cc1Cl. The lowest BCUT2D eigenvalue weighted by Gasteiger charge is -2.09. The third kappa shape index (κ3) is 4.58. The quantitative estimate of drug-likeness (QED) is 0.627. The van der Waals surface area contributed by atoms with E-state index in [0.717, 1.165) is 5.56 Å². The Balaban J connectivity index is 1.64. The number of alkyl halides is 2. The molecule has 0 spiro atoms. The molecule has 3 rings (SSSR count). The number of nitrogens with one attached hydrogen (secondary N) is 1. The summed E-state index contributed by atoms with van der Waals surface area (Å²) in [4.78, 5) is 4.26. The van der Waals surface area contributed by atoms with E-state index in [1.807, 2.05) is 0 Å². The molecule has 25 heavy (non-hydrogen) atoms. The van der Waals surface area contributed by atoms with Crippen LogP contribution in [0.2, 0.25) is 10.0 Å². The molecule has 0 unspecified atom stereocenters. The molecule has 130 valence electrons. The summed E-state index contributed by atoms with van der Waals surface area (Å²) >= 11 is 11.7. The van der Waals surface area contributed by atoms with E-state index in [9.17, 15) is 8.78 Å². The monoisotopic (exact) mass is 385 g/mol. The van der Waals surface area contributed by atoms with Crippen molar-refractivity contribution in [1.29, 1.82) is 0 Å². The molecule has 0 aliphatic carbocycles. The first-order chi connectivity index (χ1) is 12.0. The third-order valence-electron chi connectivity index (χ3n) is 3.16. The van der Waals surface area contributed by atoms with Crippen molar-refractivity contribution in [3.63, 3.8) is 0 Å². The minimum atomic E-state index is -2.93. The Hall–Kier alpha value is -2.38. The molecule has 9 heteroatoms. The Bertz CT molecular complexity index is 857. The maximum absolute atomic E-state index is 12.2. The second-order valence-electron chi connectivity index (χ2n) is 4.90. The average Bonchev–Trinajstić information content (AvgIpc) is 3.04. The maximum atomic E-state index is 12.2. The van der Waals surface area contributed by atoms with Crippen molar-refractivity contribution < 1.29 is 18.0 Å². The molecule has 1 N–H and O–H groups in total. The molecule has 5 nitrogen and oxygen atoms in total. The molecule has 0 saturated heterocycles. The Morgan fingerprint density at radius 3 is 2.56 bits per heavy atom. The van der Waals surface area contributed by atoms with Crippen molar-refractivity contribution in [2.45, 2.75) is 13.2 Å². The first-order valence-electron chi connectivity index (χ1n) is 7.08. The number of hydrogen-bond acceptors (Lipinski definition) is 5. The summed E-state index contributed by atoms with van der Waals surface area (Å²) in [6.45, 7) is -2.69. The molecule has 3 aromatic rings. The van der Waals surface area contributed by atoms with E-state index in [1.165, 1.54) is 12.1 Å². The molecular weight excluding hydrogens is 375 g/mol. The highest BCUT2D eigenvalue weighted by molar-refractivity contribution is 6.32. The first kappa shape index (κ1) is 17.4. The normalized spacial score (nSPS) is 10.9. The zero-order valence-corrected chi connectivity index (χ0v) is 14.1. The number of anilines is 1. The van der Waals surface area contributed by atoms with E-state index >= 15 is 0 Å². The van der Waals surface area contributed by atoms with Crippen molar-refractivity contribution in [1.82, 2.24) is 10.1 Å². The fraction of sp³-hybridized carbons (Fsp3) is 0.125. The van der Waals surface area contributed by atoms with Gasteiger partial charge >= 0.3 is 6.61 Å². The van der Waals surface area contributed by atoms with Crippen LogP contribution in [-0.2, 0) is 6.54 Å². The maximum Gasteiger partial charge on any atom is 0.387 e. The van der Waals surface area contributed by atoms with Gasteiger partial charge in [-0.25, -0.2) is 0 Å². The molecule has 1 aromatic heterocycles. The van der Waals surface area contributed by atoms with Crippen LogP contribution in [0.15, 0.2) is 47.0 Å². The molecule has 2 aromatic carbocycles. The number of nitrogens with zero attached hydrogens (tertiary/aromatic N) is 2. The Morgan fingerprint density at radius 2 is 1.88 bits per heavy atom. The van der Waals surface area contributed by atoms with Crippen molar-refractivity contribution in [3.8, 4) is 17.1 Å². The lowest BCUT2D eigenvalue weighted by Crippen LogP contribution is -2.03. The topological polar surface area (TPSA) is 60.2 Å². The van der Waals surface area contributed by atoms with Gasteiger partial charge in [0.15, 0.2) is 0 Å². The predicted molar refractivity (Wildman–Crippen MR) is 90.2 cm³/mol. The van der Waals surface area contributed by atoms with Gasteiger partial charge < -0.3 is 14.6 Å². The van der Waals surface area contributed by atoms with Gasteiger partial charge in [-0.1, -0.05) is 28.4 Å². The highest BCUT2D eigenvalue weighted by Crippen LogP contribution is 2.29. The van der Waals surface area contributed by atoms with Gasteiger partial charge in [0, 0.05) is 16.3 Å². The van der Waals surface area contributed by atoms with Gasteiger partial charge in [-0.3, -0.25) is 0 Å².